The molecule has 0 bridgehead atoms. The third-order valence-electron chi connectivity index (χ3n) is 5.81. The second-order valence-electron chi connectivity index (χ2n) is 8.02. The zero-order valence-corrected chi connectivity index (χ0v) is 13.7. The van der Waals surface area contributed by atoms with Crippen molar-refractivity contribution < 1.29 is 4.79 Å². The first-order valence-electron chi connectivity index (χ1n) is 8.35. The Morgan fingerprint density at radius 2 is 1.75 bits per heavy atom. The fraction of sp³-hybridized carbons (Fsp3) is 0.941. The largest absolute Gasteiger partial charge is 0.342 e. The maximum Gasteiger partial charge on any atom is 0.227 e. The highest BCUT2D eigenvalue weighted by Gasteiger charge is 2.36. The number of piperidine rings is 1. The zero-order valence-electron chi connectivity index (χ0n) is 13.7. The van der Waals surface area contributed by atoms with Gasteiger partial charge in [-0.05, 0) is 42.9 Å². The molecule has 0 aromatic rings. The molecule has 2 N–H and O–H groups in total. The topological polar surface area (TPSA) is 46.3 Å². The second kappa shape index (κ2) is 6.05. The minimum atomic E-state index is 0.103. The summed E-state index contributed by atoms with van der Waals surface area (Å²) in [5.41, 5.74) is 6.44. The van der Waals surface area contributed by atoms with Crippen LogP contribution in [-0.4, -0.2) is 29.9 Å². The van der Waals surface area contributed by atoms with Gasteiger partial charge in [0, 0.05) is 19.1 Å². The average Bonchev–Trinajstić information content (AvgIpc) is 2.82. The van der Waals surface area contributed by atoms with Crippen LogP contribution in [0.25, 0.3) is 0 Å². The Morgan fingerprint density at radius 3 is 2.20 bits per heavy atom. The number of carbonyl (C=O) groups is 1. The lowest BCUT2D eigenvalue weighted by Gasteiger charge is -2.40. The third-order valence-corrected chi connectivity index (χ3v) is 5.81. The molecule has 20 heavy (non-hydrogen) atoms. The first-order chi connectivity index (χ1) is 9.30. The van der Waals surface area contributed by atoms with Gasteiger partial charge < -0.3 is 10.6 Å². The van der Waals surface area contributed by atoms with E-state index in [2.05, 4.69) is 32.6 Å². The van der Waals surface area contributed by atoms with Crippen molar-refractivity contribution in [2.24, 2.45) is 28.9 Å². The van der Waals surface area contributed by atoms with Gasteiger partial charge in [0.25, 0.3) is 0 Å². The summed E-state index contributed by atoms with van der Waals surface area (Å²) in [7, 11) is 0. The Balaban J connectivity index is 1.86. The molecule has 2 fully saturated rings. The minimum Gasteiger partial charge on any atom is -0.342 e. The lowest BCUT2D eigenvalue weighted by molar-refractivity contribution is -0.137. The average molecular weight is 280 g/mol. The van der Waals surface area contributed by atoms with Crippen LogP contribution in [-0.2, 0) is 4.79 Å². The smallest absolute Gasteiger partial charge is 0.227 e. The molecule has 0 spiro atoms. The third kappa shape index (κ3) is 3.36. The van der Waals surface area contributed by atoms with E-state index in [1.54, 1.807) is 0 Å². The first kappa shape index (κ1) is 15.8. The minimum absolute atomic E-state index is 0.103. The number of nitrogens with two attached hydrogens (primary N) is 1. The van der Waals surface area contributed by atoms with E-state index in [1.807, 2.05) is 0 Å². The molecular formula is C17H32N2O. The van der Waals surface area contributed by atoms with E-state index in [9.17, 15) is 4.79 Å². The standard InChI is InChI=1S/C17H32N2O/c1-12(17(2,3)4)13-8-10-19(11-9-13)16(20)14-6-5-7-15(14)18/h12-15H,5-11,18H2,1-4H3/t12-,14-,15+/m1/s1. The summed E-state index contributed by atoms with van der Waals surface area (Å²) in [6, 6.07) is 0.105. The number of hydrogen-bond acceptors (Lipinski definition) is 2. The molecule has 2 aliphatic rings. The summed E-state index contributed by atoms with van der Waals surface area (Å²) in [5.74, 6) is 1.91. The van der Waals surface area contributed by atoms with Gasteiger partial charge in [-0.25, -0.2) is 0 Å². The summed E-state index contributed by atoms with van der Waals surface area (Å²) in [4.78, 5) is 14.6. The van der Waals surface area contributed by atoms with Crippen LogP contribution >= 0.6 is 0 Å². The van der Waals surface area contributed by atoms with Crippen LogP contribution in [0.4, 0.5) is 0 Å². The first-order valence-corrected chi connectivity index (χ1v) is 8.35. The van der Waals surface area contributed by atoms with Gasteiger partial charge in [-0.2, -0.15) is 0 Å². The van der Waals surface area contributed by atoms with E-state index in [0.29, 0.717) is 17.2 Å². The molecule has 116 valence electrons. The molecule has 3 heteroatoms. The molecule has 1 heterocycles. The highest BCUT2D eigenvalue weighted by molar-refractivity contribution is 5.80. The normalized spacial score (nSPS) is 30.6. The van der Waals surface area contributed by atoms with E-state index >= 15 is 0 Å². The van der Waals surface area contributed by atoms with Gasteiger partial charge in [-0.15, -0.1) is 0 Å². The van der Waals surface area contributed by atoms with E-state index < -0.39 is 0 Å². The fourth-order valence-electron chi connectivity index (χ4n) is 3.86. The zero-order chi connectivity index (χ0) is 14.9. The Kier molecular flexibility index (Phi) is 4.78. The Bertz CT molecular complexity index is 339. The van der Waals surface area contributed by atoms with Crippen molar-refractivity contribution in [1.29, 1.82) is 0 Å². The Morgan fingerprint density at radius 1 is 1.15 bits per heavy atom. The highest BCUT2D eigenvalue weighted by Crippen LogP contribution is 2.37. The van der Waals surface area contributed by atoms with Crippen LogP contribution in [0.3, 0.4) is 0 Å². The van der Waals surface area contributed by atoms with Gasteiger partial charge in [-0.1, -0.05) is 34.1 Å². The summed E-state index contributed by atoms with van der Waals surface area (Å²) in [6.07, 6.45) is 5.46. The van der Waals surface area contributed by atoms with Crippen LogP contribution < -0.4 is 5.73 Å². The molecule has 0 unspecified atom stereocenters. The number of hydrogen-bond donors (Lipinski definition) is 1. The summed E-state index contributed by atoms with van der Waals surface area (Å²) in [6.45, 7) is 11.2. The van der Waals surface area contributed by atoms with Gasteiger partial charge in [0.05, 0.1) is 5.92 Å². The van der Waals surface area contributed by atoms with Crippen LogP contribution in [0.5, 0.6) is 0 Å². The van der Waals surface area contributed by atoms with Crippen LogP contribution in [0.2, 0.25) is 0 Å². The van der Waals surface area contributed by atoms with Crippen molar-refractivity contribution in [1.82, 2.24) is 4.90 Å². The molecule has 1 saturated heterocycles. The maximum absolute atomic E-state index is 12.5. The molecule has 1 aliphatic heterocycles. The molecule has 3 atom stereocenters. The van der Waals surface area contributed by atoms with E-state index in [-0.39, 0.29) is 12.0 Å². The monoisotopic (exact) mass is 280 g/mol. The van der Waals surface area contributed by atoms with Gasteiger partial charge in [0.15, 0.2) is 0 Å². The molecular weight excluding hydrogens is 248 g/mol. The Labute approximate surface area is 124 Å². The summed E-state index contributed by atoms with van der Waals surface area (Å²) >= 11 is 0. The van der Waals surface area contributed by atoms with Crippen molar-refractivity contribution in [3.05, 3.63) is 0 Å². The van der Waals surface area contributed by atoms with Crippen LogP contribution in [0, 0.1) is 23.2 Å². The maximum atomic E-state index is 12.5. The number of nitrogens with zero attached hydrogens (tertiary/aromatic N) is 1. The predicted molar refractivity (Wildman–Crippen MR) is 83.2 cm³/mol. The van der Waals surface area contributed by atoms with Gasteiger partial charge in [0.2, 0.25) is 5.91 Å². The number of likely N-dealkylation sites (tertiary alicyclic amines) is 1. The van der Waals surface area contributed by atoms with Crippen molar-refractivity contribution in [2.45, 2.75) is 65.8 Å². The van der Waals surface area contributed by atoms with Crippen molar-refractivity contribution >= 4 is 5.91 Å². The molecule has 2 rings (SSSR count). The second-order valence-corrected chi connectivity index (χ2v) is 8.02. The Hall–Kier alpha value is -0.570. The predicted octanol–water partition coefficient (Wildman–Crippen LogP) is 3.03. The number of carbonyl (C=O) groups excluding carboxylic acids is 1. The highest BCUT2D eigenvalue weighted by atomic mass is 16.2. The lowest BCUT2D eigenvalue weighted by atomic mass is 9.71. The number of rotatable bonds is 2. The van der Waals surface area contributed by atoms with E-state index in [4.69, 9.17) is 5.73 Å². The summed E-state index contributed by atoms with van der Waals surface area (Å²) in [5, 5.41) is 0. The van der Waals surface area contributed by atoms with Crippen molar-refractivity contribution in [2.75, 3.05) is 13.1 Å². The molecule has 0 aromatic carbocycles. The van der Waals surface area contributed by atoms with Crippen molar-refractivity contribution in [3.8, 4) is 0 Å². The quantitative estimate of drug-likeness (QED) is 0.845. The SMILES string of the molecule is C[C@H](C1CCN(C(=O)[C@@H]2CCC[C@@H]2N)CC1)C(C)(C)C. The van der Waals surface area contributed by atoms with Crippen LogP contribution in [0.1, 0.15) is 59.8 Å². The van der Waals surface area contributed by atoms with Gasteiger partial charge in [-0.3, -0.25) is 4.79 Å². The molecule has 1 amide bonds. The van der Waals surface area contributed by atoms with E-state index in [0.717, 1.165) is 51.1 Å². The molecule has 3 nitrogen and oxygen atoms in total. The molecule has 1 saturated carbocycles. The van der Waals surface area contributed by atoms with Crippen LogP contribution in [0.15, 0.2) is 0 Å². The summed E-state index contributed by atoms with van der Waals surface area (Å²) < 4.78 is 0. The lowest BCUT2D eigenvalue weighted by Crippen LogP contribution is -2.46. The van der Waals surface area contributed by atoms with Gasteiger partial charge >= 0.3 is 0 Å². The van der Waals surface area contributed by atoms with E-state index in [1.165, 1.54) is 0 Å². The fourth-order valence-corrected chi connectivity index (χ4v) is 3.86. The van der Waals surface area contributed by atoms with Crippen molar-refractivity contribution in [3.63, 3.8) is 0 Å². The molecule has 0 radical (unpaired) electrons. The van der Waals surface area contributed by atoms with Gasteiger partial charge in [0.1, 0.15) is 0 Å². The molecule has 0 aromatic heterocycles. The number of amides is 1. The molecule has 1 aliphatic carbocycles.